The van der Waals surface area contributed by atoms with Crippen molar-refractivity contribution in [2.75, 3.05) is 0 Å². The number of benzene rings is 1. The zero-order valence-electron chi connectivity index (χ0n) is 11.2. The smallest absolute Gasteiger partial charge is 0.328 e. The molecular weight excluding hydrogens is 279 g/mol. The minimum atomic E-state index is -1.11. The van der Waals surface area contributed by atoms with Gasteiger partial charge in [0.15, 0.2) is 6.61 Å². The first-order chi connectivity index (χ1) is 10.1. The molecule has 0 atom stereocenters. The van der Waals surface area contributed by atoms with E-state index in [1.54, 1.807) is 0 Å². The second-order valence-corrected chi connectivity index (χ2v) is 4.12. The van der Waals surface area contributed by atoms with Crippen molar-refractivity contribution in [3.63, 3.8) is 0 Å². The van der Waals surface area contributed by atoms with Crippen LogP contribution in [0.1, 0.15) is 24.3 Å². The fourth-order valence-corrected chi connectivity index (χ4v) is 1.57. The molecule has 0 fully saturated rings. The van der Waals surface area contributed by atoms with Gasteiger partial charge in [0.25, 0.3) is 5.89 Å². The number of rotatable bonds is 6. The van der Waals surface area contributed by atoms with Crippen molar-refractivity contribution in [1.29, 1.82) is 0 Å². The van der Waals surface area contributed by atoms with Crippen LogP contribution in [-0.4, -0.2) is 21.3 Å². The lowest BCUT2D eigenvalue weighted by molar-refractivity contribution is -0.131. The first-order valence-corrected chi connectivity index (χ1v) is 6.22. The minimum Gasteiger partial charge on any atom is -0.484 e. The number of aliphatic carboxylic acids is 1. The summed E-state index contributed by atoms with van der Waals surface area (Å²) in [5, 5.41) is 16.1. The van der Waals surface area contributed by atoms with Gasteiger partial charge in [0.05, 0.1) is 0 Å². The number of hydrogen-bond donors (Lipinski definition) is 1. The Kier molecular flexibility index (Phi) is 4.65. The number of carboxylic acids is 1. The Bertz CT molecular complexity index is 667. The molecule has 21 heavy (non-hydrogen) atoms. The van der Waals surface area contributed by atoms with Gasteiger partial charge >= 0.3 is 5.97 Å². The molecule has 0 radical (unpaired) electrons. The highest BCUT2D eigenvalue weighted by molar-refractivity contribution is 5.85. The van der Waals surface area contributed by atoms with Crippen molar-refractivity contribution in [1.82, 2.24) is 10.2 Å². The number of carboxylic acid groups (broad SMARTS) is 1. The van der Waals surface area contributed by atoms with Crippen LogP contribution in [0, 0.1) is 5.82 Å². The fourth-order valence-electron chi connectivity index (χ4n) is 1.57. The lowest BCUT2D eigenvalue weighted by Gasteiger charge is -2.04. The van der Waals surface area contributed by atoms with Crippen LogP contribution in [0.25, 0.3) is 6.08 Å². The predicted molar refractivity (Wildman–Crippen MR) is 71.1 cm³/mol. The van der Waals surface area contributed by atoms with Crippen molar-refractivity contribution < 1.29 is 23.4 Å². The normalized spacial score (nSPS) is 11.0. The van der Waals surface area contributed by atoms with Gasteiger partial charge in [0, 0.05) is 18.6 Å². The Hall–Kier alpha value is -2.70. The number of aromatic nitrogens is 2. The van der Waals surface area contributed by atoms with E-state index in [0.717, 1.165) is 6.08 Å². The molecule has 0 aliphatic heterocycles. The van der Waals surface area contributed by atoms with E-state index >= 15 is 0 Å². The van der Waals surface area contributed by atoms with Crippen LogP contribution >= 0.6 is 0 Å². The molecule has 1 aromatic heterocycles. The van der Waals surface area contributed by atoms with Crippen LogP contribution in [0.3, 0.4) is 0 Å². The second kappa shape index (κ2) is 6.65. The van der Waals surface area contributed by atoms with E-state index in [2.05, 4.69) is 10.2 Å². The molecular formula is C14H13FN2O4. The van der Waals surface area contributed by atoms with Crippen molar-refractivity contribution in [3.05, 3.63) is 47.4 Å². The zero-order valence-corrected chi connectivity index (χ0v) is 11.2. The van der Waals surface area contributed by atoms with Crippen LogP contribution in [0.4, 0.5) is 4.39 Å². The summed E-state index contributed by atoms with van der Waals surface area (Å²) in [7, 11) is 0. The minimum absolute atomic E-state index is 0.0124. The van der Waals surface area contributed by atoms with E-state index in [0.29, 0.717) is 23.8 Å². The third kappa shape index (κ3) is 4.41. The summed E-state index contributed by atoms with van der Waals surface area (Å²) in [4.78, 5) is 10.4. The lowest BCUT2D eigenvalue weighted by Crippen LogP contribution is -1.97. The summed E-state index contributed by atoms with van der Waals surface area (Å²) < 4.78 is 24.0. The summed E-state index contributed by atoms with van der Waals surface area (Å²) in [5.74, 6) is -0.607. The highest BCUT2D eigenvalue weighted by Crippen LogP contribution is 2.18. The third-order valence-electron chi connectivity index (χ3n) is 2.49. The molecule has 2 rings (SSSR count). The van der Waals surface area contributed by atoms with Gasteiger partial charge in [-0.25, -0.2) is 9.18 Å². The molecule has 2 aromatic rings. The fraction of sp³-hybridized carbons (Fsp3) is 0.214. The number of halogens is 1. The van der Waals surface area contributed by atoms with Crippen LogP contribution in [0.2, 0.25) is 0 Å². The molecule has 6 nitrogen and oxygen atoms in total. The van der Waals surface area contributed by atoms with Gasteiger partial charge in [0.2, 0.25) is 5.89 Å². The summed E-state index contributed by atoms with van der Waals surface area (Å²) in [5.41, 5.74) is 0.382. The molecule has 0 aliphatic carbocycles. The SMILES string of the molecule is CCc1nnc(COc2cc(F)cc(/C=C/C(=O)O)c2)o1. The van der Waals surface area contributed by atoms with E-state index in [4.69, 9.17) is 14.3 Å². The topological polar surface area (TPSA) is 85.5 Å². The maximum absolute atomic E-state index is 13.4. The van der Waals surface area contributed by atoms with Crippen molar-refractivity contribution in [2.45, 2.75) is 20.0 Å². The van der Waals surface area contributed by atoms with Crippen LogP contribution < -0.4 is 4.74 Å². The first-order valence-electron chi connectivity index (χ1n) is 6.22. The average Bonchev–Trinajstić information content (AvgIpc) is 2.90. The molecule has 1 heterocycles. The molecule has 0 saturated carbocycles. The zero-order chi connectivity index (χ0) is 15.2. The largest absolute Gasteiger partial charge is 0.484 e. The molecule has 0 unspecified atom stereocenters. The molecule has 0 spiro atoms. The van der Waals surface area contributed by atoms with Gasteiger partial charge in [-0.2, -0.15) is 0 Å². The number of carbonyl (C=O) groups is 1. The van der Waals surface area contributed by atoms with E-state index in [-0.39, 0.29) is 12.4 Å². The molecule has 1 N–H and O–H groups in total. The number of nitrogens with zero attached hydrogens (tertiary/aromatic N) is 2. The highest BCUT2D eigenvalue weighted by Gasteiger charge is 2.06. The summed E-state index contributed by atoms with van der Waals surface area (Å²) >= 11 is 0. The molecule has 0 saturated heterocycles. The van der Waals surface area contributed by atoms with E-state index in [9.17, 15) is 9.18 Å². The average molecular weight is 292 g/mol. The standard InChI is InChI=1S/C14H13FN2O4/c1-2-12-16-17-13(21-12)8-20-11-6-9(3-4-14(18)19)5-10(15)7-11/h3-7H,2,8H2,1H3,(H,18,19)/b4-3+. The van der Waals surface area contributed by atoms with Crippen LogP contribution in [-0.2, 0) is 17.8 Å². The monoisotopic (exact) mass is 292 g/mol. The van der Waals surface area contributed by atoms with Crippen LogP contribution in [0.15, 0.2) is 28.7 Å². The molecule has 110 valence electrons. The van der Waals surface area contributed by atoms with Gasteiger partial charge in [0.1, 0.15) is 11.6 Å². The number of aryl methyl sites for hydroxylation is 1. The Labute approximate surface area is 119 Å². The quantitative estimate of drug-likeness (QED) is 0.823. The third-order valence-corrected chi connectivity index (χ3v) is 2.49. The Morgan fingerprint density at radius 1 is 1.38 bits per heavy atom. The van der Waals surface area contributed by atoms with Gasteiger partial charge in [-0.15, -0.1) is 10.2 Å². The van der Waals surface area contributed by atoms with E-state index in [1.807, 2.05) is 6.92 Å². The molecule has 1 aromatic carbocycles. The van der Waals surface area contributed by atoms with Crippen molar-refractivity contribution in [2.24, 2.45) is 0 Å². The molecule has 0 bridgehead atoms. The number of ether oxygens (including phenoxy) is 1. The molecule has 7 heteroatoms. The summed E-state index contributed by atoms with van der Waals surface area (Å²) in [6, 6.07) is 3.91. The van der Waals surface area contributed by atoms with Crippen LogP contribution in [0.5, 0.6) is 5.75 Å². The molecule has 0 aliphatic rings. The predicted octanol–water partition coefficient (Wildman–Crippen LogP) is 2.45. The maximum atomic E-state index is 13.4. The summed E-state index contributed by atoms with van der Waals surface area (Å²) in [6.45, 7) is 1.89. The van der Waals surface area contributed by atoms with Gasteiger partial charge in [-0.3, -0.25) is 0 Å². The number of hydrogen-bond acceptors (Lipinski definition) is 5. The Morgan fingerprint density at radius 2 is 2.14 bits per heavy atom. The second-order valence-electron chi connectivity index (χ2n) is 4.12. The van der Waals surface area contributed by atoms with E-state index < -0.39 is 11.8 Å². The summed E-state index contributed by atoms with van der Waals surface area (Å²) in [6.07, 6.45) is 2.82. The first kappa shape index (κ1) is 14.7. The van der Waals surface area contributed by atoms with Gasteiger partial charge < -0.3 is 14.3 Å². The van der Waals surface area contributed by atoms with Gasteiger partial charge in [-0.1, -0.05) is 6.92 Å². The molecule has 0 amide bonds. The van der Waals surface area contributed by atoms with Crippen molar-refractivity contribution >= 4 is 12.0 Å². The van der Waals surface area contributed by atoms with Gasteiger partial charge in [-0.05, 0) is 23.8 Å². The Balaban J connectivity index is 2.07. The highest BCUT2D eigenvalue weighted by atomic mass is 19.1. The van der Waals surface area contributed by atoms with Crippen molar-refractivity contribution in [3.8, 4) is 5.75 Å². The maximum Gasteiger partial charge on any atom is 0.328 e. The lowest BCUT2D eigenvalue weighted by atomic mass is 10.2. The van der Waals surface area contributed by atoms with E-state index in [1.165, 1.54) is 24.3 Å². The Morgan fingerprint density at radius 3 is 2.81 bits per heavy atom.